The maximum atomic E-state index is 9.25. The molecule has 5 heavy (non-hydrogen) atoms. The van der Waals surface area contributed by atoms with Crippen molar-refractivity contribution in [1.82, 2.24) is 5.48 Å². The fourth-order valence-corrected chi connectivity index (χ4v) is 0.0821. The first-order valence-electron chi connectivity index (χ1n) is 1.22. The maximum Gasteiger partial charge on any atom is 0.250 e. The molecule has 0 amide bonds. The smallest absolute Gasteiger partial charge is 0.250 e. The number of hydroxylamine groups is 1. The highest BCUT2D eigenvalue weighted by atomic mass is 16.8. The Morgan fingerprint density at radius 2 is 2.60 bits per heavy atom. The van der Waals surface area contributed by atoms with Crippen molar-refractivity contribution in [2.24, 2.45) is 0 Å². The van der Waals surface area contributed by atoms with E-state index in [1.165, 1.54) is 0 Å². The van der Waals surface area contributed by atoms with Crippen LogP contribution in [0.5, 0.6) is 0 Å². The van der Waals surface area contributed by atoms with E-state index in [4.69, 9.17) is 0 Å². The van der Waals surface area contributed by atoms with E-state index in [2.05, 4.69) is 10.3 Å². The van der Waals surface area contributed by atoms with Gasteiger partial charge in [-0.25, -0.2) is 0 Å². The van der Waals surface area contributed by atoms with Gasteiger partial charge in [0.05, 0.1) is 0 Å². The van der Waals surface area contributed by atoms with Gasteiger partial charge in [0.2, 0.25) is 12.5 Å². The van der Waals surface area contributed by atoms with Gasteiger partial charge in [0.15, 0.2) is 0 Å². The Bertz CT molecular complexity index is 49.6. The van der Waals surface area contributed by atoms with Crippen LogP contribution in [0, 0.1) is 0 Å². The van der Waals surface area contributed by atoms with Crippen molar-refractivity contribution in [1.29, 1.82) is 0 Å². The Labute approximate surface area is 28.9 Å². The third kappa shape index (κ3) is 0.431. The third-order valence-corrected chi connectivity index (χ3v) is 0.343. The molecule has 0 spiro atoms. The molecule has 0 aliphatic carbocycles. The lowest BCUT2D eigenvalue weighted by atomic mass is 10.7. The van der Waals surface area contributed by atoms with Gasteiger partial charge in [-0.1, -0.05) is 0 Å². The highest BCUT2D eigenvalue weighted by molar-refractivity contribution is 5.58. The quantitative estimate of drug-likeness (QED) is 0.402. The summed E-state index contributed by atoms with van der Waals surface area (Å²) in [5.74, 6) is 0. The second-order valence-electron chi connectivity index (χ2n) is 0.734. The van der Waals surface area contributed by atoms with Gasteiger partial charge in [0.1, 0.15) is 0 Å². The first-order chi connectivity index (χ1) is 2.43. The molecule has 0 saturated carbocycles. The van der Waals surface area contributed by atoms with Gasteiger partial charge in [-0.3, -0.25) is 9.63 Å². The molecule has 1 heterocycles. The average Bonchev–Trinajstić information content (AvgIpc) is 2.12. The molecular formula is C2H2NO2. The number of nitrogens with one attached hydrogen (secondary N) is 1. The van der Waals surface area contributed by atoms with Crippen LogP contribution in [0.2, 0.25) is 0 Å². The molecule has 1 fully saturated rings. The number of hydrogen-bond acceptors (Lipinski definition) is 3. The predicted molar refractivity (Wildman–Crippen MR) is 13.7 cm³/mol. The summed E-state index contributed by atoms with van der Waals surface area (Å²) in [6.07, 6.45) is 1.13. The summed E-state index contributed by atoms with van der Waals surface area (Å²) in [4.78, 5) is 13.4. The van der Waals surface area contributed by atoms with Crippen LogP contribution in [0.3, 0.4) is 0 Å². The Hall–Kier alpha value is -0.410. The van der Waals surface area contributed by atoms with Gasteiger partial charge in [0, 0.05) is 0 Å². The van der Waals surface area contributed by atoms with Crippen molar-refractivity contribution < 1.29 is 9.63 Å². The van der Waals surface area contributed by atoms with E-state index in [0.29, 0.717) is 0 Å². The molecule has 1 N–H and O–H groups in total. The van der Waals surface area contributed by atoms with Crippen LogP contribution in [0.1, 0.15) is 0 Å². The van der Waals surface area contributed by atoms with Gasteiger partial charge in [-0.2, -0.15) is 5.48 Å². The molecule has 1 aliphatic rings. The number of rotatable bonds is 1. The first kappa shape index (κ1) is 2.81. The predicted octanol–water partition coefficient (Wildman–Crippen LogP) is -1.04. The fourth-order valence-electron chi connectivity index (χ4n) is 0.0821. The number of hydrogen-bond donors (Lipinski definition) is 1. The Balaban J connectivity index is 2.21. The summed E-state index contributed by atoms with van der Waals surface area (Å²) in [5, 5.41) is 0. The standard InChI is InChI=1S/C2H2NO2/c4-1-2-3-5-2/h2-3H. The minimum absolute atomic E-state index is 0.421. The average molecular weight is 72.0 g/mol. The molecule has 0 aromatic carbocycles. The van der Waals surface area contributed by atoms with E-state index in [0.717, 1.165) is 0 Å². The lowest BCUT2D eigenvalue weighted by Crippen LogP contribution is -1.86. The van der Waals surface area contributed by atoms with Crippen molar-refractivity contribution in [3.05, 3.63) is 0 Å². The van der Waals surface area contributed by atoms with Gasteiger partial charge in [0.25, 0.3) is 0 Å². The lowest BCUT2D eigenvalue weighted by molar-refractivity contribution is 0.390. The minimum atomic E-state index is -0.421. The molecule has 1 saturated heterocycles. The molecule has 3 heteroatoms. The van der Waals surface area contributed by atoms with Crippen LogP contribution in [0.25, 0.3) is 0 Å². The van der Waals surface area contributed by atoms with Gasteiger partial charge in [-0.15, -0.1) is 0 Å². The SMILES string of the molecule is O=[C]C1NO1. The molecule has 1 atom stereocenters. The van der Waals surface area contributed by atoms with Gasteiger partial charge >= 0.3 is 0 Å². The zero-order chi connectivity index (χ0) is 3.70. The van der Waals surface area contributed by atoms with Gasteiger partial charge < -0.3 is 0 Å². The van der Waals surface area contributed by atoms with Crippen LogP contribution in [0.15, 0.2) is 0 Å². The van der Waals surface area contributed by atoms with Crippen LogP contribution >= 0.6 is 0 Å². The lowest BCUT2D eigenvalue weighted by Gasteiger charge is -1.46. The third-order valence-electron chi connectivity index (χ3n) is 0.343. The largest absolute Gasteiger partial charge is 0.286 e. The Morgan fingerprint density at radius 1 is 2.00 bits per heavy atom. The monoisotopic (exact) mass is 72.0 g/mol. The van der Waals surface area contributed by atoms with Crippen LogP contribution in [-0.2, 0) is 9.63 Å². The summed E-state index contributed by atoms with van der Waals surface area (Å²) in [6.45, 7) is 0. The van der Waals surface area contributed by atoms with Crippen molar-refractivity contribution in [2.45, 2.75) is 6.23 Å². The molecule has 1 unspecified atom stereocenters. The van der Waals surface area contributed by atoms with Crippen LogP contribution < -0.4 is 5.48 Å². The van der Waals surface area contributed by atoms with Crippen LogP contribution in [-0.4, -0.2) is 12.5 Å². The van der Waals surface area contributed by atoms with E-state index >= 15 is 0 Å². The summed E-state index contributed by atoms with van der Waals surface area (Å²) < 4.78 is 0. The molecule has 1 radical (unpaired) electrons. The van der Waals surface area contributed by atoms with Crippen molar-refractivity contribution in [3.8, 4) is 0 Å². The van der Waals surface area contributed by atoms with Crippen LogP contribution in [0.4, 0.5) is 0 Å². The summed E-state index contributed by atoms with van der Waals surface area (Å²) in [6, 6.07) is 0. The van der Waals surface area contributed by atoms with E-state index in [9.17, 15) is 4.79 Å². The molecule has 3 nitrogen and oxygen atoms in total. The number of carbonyl (C=O) groups excluding carboxylic acids is 1. The normalized spacial score (nSPS) is 33.2. The summed E-state index contributed by atoms with van der Waals surface area (Å²) in [7, 11) is 0. The van der Waals surface area contributed by atoms with E-state index < -0.39 is 6.23 Å². The van der Waals surface area contributed by atoms with E-state index in [1.54, 1.807) is 6.29 Å². The molecule has 1 rings (SSSR count). The van der Waals surface area contributed by atoms with Crippen molar-refractivity contribution in [3.63, 3.8) is 0 Å². The molecule has 27 valence electrons. The molecule has 1 aliphatic heterocycles. The zero-order valence-electron chi connectivity index (χ0n) is 2.39. The Morgan fingerprint density at radius 3 is 2.60 bits per heavy atom. The fraction of sp³-hybridized carbons (Fsp3) is 0.500. The molecule has 0 aromatic heterocycles. The van der Waals surface area contributed by atoms with E-state index in [-0.39, 0.29) is 0 Å². The second-order valence-corrected chi connectivity index (χ2v) is 0.734. The highest BCUT2D eigenvalue weighted by Gasteiger charge is 2.20. The molecular weight excluding hydrogens is 70.0 g/mol. The highest BCUT2D eigenvalue weighted by Crippen LogP contribution is 1.90. The molecule has 0 bridgehead atoms. The summed E-state index contributed by atoms with van der Waals surface area (Å²) >= 11 is 0. The summed E-state index contributed by atoms with van der Waals surface area (Å²) in [5.41, 5.74) is 2.26. The van der Waals surface area contributed by atoms with E-state index in [1.807, 2.05) is 0 Å². The zero-order valence-corrected chi connectivity index (χ0v) is 2.39. The maximum absolute atomic E-state index is 9.25. The van der Waals surface area contributed by atoms with Gasteiger partial charge in [-0.05, 0) is 0 Å². The minimum Gasteiger partial charge on any atom is -0.286 e. The molecule has 0 aromatic rings. The van der Waals surface area contributed by atoms with Crippen molar-refractivity contribution in [2.75, 3.05) is 0 Å². The topological polar surface area (TPSA) is 51.5 Å². The Kier molecular flexibility index (Phi) is 0.433. The van der Waals surface area contributed by atoms with Crippen molar-refractivity contribution >= 4 is 6.29 Å². The first-order valence-corrected chi connectivity index (χ1v) is 1.22. The second kappa shape index (κ2) is 0.771.